The van der Waals surface area contributed by atoms with Crippen molar-refractivity contribution in [2.75, 3.05) is 36.0 Å². The lowest BCUT2D eigenvalue weighted by Gasteiger charge is -2.30. The molecule has 138 valence electrons. The standard InChI is InChI=1S/C17H26N4O3S/c1-3-21(14-6-9-25(23,24)12-14)16-11-18-15(10-19-16)17(22)20-7-4-13(2)5-8-20/h10-11,13-14H,3-9,12H2,1-2H3. The van der Waals surface area contributed by atoms with Crippen LogP contribution in [0, 0.1) is 5.92 Å². The van der Waals surface area contributed by atoms with Gasteiger partial charge in [-0.2, -0.15) is 0 Å². The van der Waals surface area contributed by atoms with Gasteiger partial charge in [0.1, 0.15) is 11.5 Å². The summed E-state index contributed by atoms with van der Waals surface area (Å²) in [5, 5.41) is 0. The number of nitrogens with zero attached hydrogens (tertiary/aromatic N) is 4. The zero-order valence-electron chi connectivity index (χ0n) is 14.9. The van der Waals surface area contributed by atoms with Crippen molar-refractivity contribution in [1.29, 1.82) is 0 Å². The topological polar surface area (TPSA) is 83.5 Å². The third kappa shape index (κ3) is 4.11. The summed E-state index contributed by atoms with van der Waals surface area (Å²) in [5.74, 6) is 1.62. The molecular formula is C17H26N4O3S. The highest BCUT2D eigenvalue weighted by Gasteiger charge is 2.32. The molecule has 0 bridgehead atoms. The van der Waals surface area contributed by atoms with Crippen molar-refractivity contribution in [3.05, 3.63) is 18.1 Å². The largest absolute Gasteiger partial charge is 0.352 e. The van der Waals surface area contributed by atoms with Gasteiger partial charge in [-0.1, -0.05) is 6.92 Å². The van der Waals surface area contributed by atoms with Crippen LogP contribution in [-0.2, 0) is 9.84 Å². The Morgan fingerprint density at radius 2 is 1.96 bits per heavy atom. The molecule has 8 heteroatoms. The zero-order valence-corrected chi connectivity index (χ0v) is 15.7. The van der Waals surface area contributed by atoms with Gasteiger partial charge in [-0.15, -0.1) is 0 Å². The molecule has 2 saturated heterocycles. The number of aromatic nitrogens is 2. The molecular weight excluding hydrogens is 340 g/mol. The third-order valence-electron chi connectivity index (χ3n) is 5.21. The van der Waals surface area contributed by atoms with Crippen LogP contribution in [0.4, 0.5) is 5.82 Å². The first kappa shape index (κ1) is 18.1. The molecule has 0 N–H and O–H groups in total. The second-order valence-electron chi connectivity index (χ2n) is 7.08. The fourth-order valence-corrected chi connectivity index (χ4v) is 5.31. The van der Waals surface area contributed by atoms with Crippen molar-refractivity contribution in [3.8, 4) is 0 Å². The van der Waals surface area contributed by atoms with E-state index >= 15 is 0 Å². The van der Waals surface area contributed by atoms with Gasteiger partial charge in [-0.05, 0) is 32.1 Å². The van der Waals surface area contributed by atoms with Gasteiger partial charge < -0.3 is 9.80 Å². The van der Waals surface area contributed by atoms with Crippen molar-refractivity contribution in [2.24, 2.45) is 5.92 Å². The maximum Gasteiger partial charge on any atom is 0.274 e. The summed E-state index contributed by atoms with van der Waals surface area (Å²) in [5.41, 5.74) is 0.355. The Bertz CT molecular complexity index is 712. The maximum absolute atomic E-state index is 12.5. The molecule has 7 nitrogen and oxygen atoms in total. The lowest BCUT2D eigenvalue weighted by molar-refractivity contribution is 0.0691. The van der Waals surface area contributed by atoms with Crippen molar-refractivity contribution < 1.29 is 13.2 Å². The van der Waals surface area contributed by atoms with Crippen LogP contribution in [0.5, 0.6) is 0 Å². The molecule has 2 aliphatic heterocycles. The second-order valence-corrected chi connectivity index (χ2v) is 9.31. The molecule has 2 aliphatic rings. The molecule has 1 amide bonds. The fraction of sp³-hybridized carbons (Fsp3) is 0.706. The van der Waals surface area contributed by atoms with E-state index < -0.39 is 9.84 Å². The number of amides is 1. The maximum atomic E-state index is 12.5. The van der Waals surface area contributed by atoms with Crippen LogP contribution < -0.4 is 4.90 Å². The Balaban J connectivity index is 1.69. The van der Waals surface area contributed by atoms with Crippen LogP contribution in [0.15, 0.2) is 12.4 Å². The van der Waals surface area contributed by atoms with Gasteiger partial charge in [-0.3, -0.25) is 4.79 Å². The molecule has 25 heavy (non-hydrogen) atoms. The number of likely N-dealkylation sites (tertiary alicyclic amines) is 1. The molecule has 2 fully saturated rings. The van der Waals surface area contributed by atoms with E-state index in [1.54, 1.807) is 6.20 Å². The number of carbonyl (C=O) groups is 1. The predicted molar refractivity (Wildman–Crippen MR) is 96.4 cm³/mol. The molecule has 0 spiro atoms. The normalized spacial score (nSPS) is 23.6. The first-order chi connectivity index (χ1) is 11.9. The summed E-state index contributed by atoms with van der Waals surface area (Å²) in [6, 6.07) is -0.0607. The van der Waals surface area contributed by atoms with Crippen molar-refractivity contribution in [1.82, 2.24) is 14.9 Å². The Hall–Kier alpha value is -1.70. The van der Waals surface area contributed by atoms with Gasteiger partial charge in [0.2, 0.25) is 0 Å². The van der Waals surface area contributed by atoms with Crippen LogP contribution in [0.1, 0.15) is 43.6 Å². The van der Waals surface area contributed by atoms with Crippen LogP contribution in [0.2, 0.25) is 0 Å². The Morgan fingerprint density at radius 1 is 1.24 bits per heavy atom. The summed E-state index contributed by atoms with van der Waals surface area (Å²) in [6.07, 6.45) is 5.77. The first-order valence-corrected chi connectivity index (χ1v) is 10.8. The van der Waals surface area contributed by atoms with E-state index in [1.807, 2.05) is 16.7 Å². The number of piperidine rings is 1. The van der Waals surface area contributed by atoms with Crippen molar-refractivity contribution >= 4 is 21.6 Å². The van der Waals surface area contributed by atoms with E-state index in [2.05, 4.69) is 16.9 Å². The van der Waals surface area contributed by atoms with Crippen molar-refractivity contribution in [3.63, 3.8) is 0 Å². The highest BCUT2D eigenvalue weighted by atomic mass is 32.2. The van der Waals surface area contributed by atoms with Gasteiger partial charge >= 0.3 is 0 Å². The van der Waals surface area contributed by atoms with E-state index in [0.29, 0.717) is 30.4 Å². The van der Waals surface area contributed by atoms with Crippen LogP contribution in [0.25, 0.3) is 0 Å². The highest BCUT2D eigenvalue weighted by Crippen LogP contribution is 2.23. The minimum absolute atomic E-state index is 0.0607. The predicted octanol–water partition coefficient (Wildman–Crippen LogP) is 1.36. The minimum Gasteiger partial charge on any atom is -0.352 e. The number of hydrogen-bond donors (Lipinski definition) is 0. The second kappa shape index (κ2) is 7.27. The molecule has 0 saturated carbocycles. The summed E-state index contributed by atoms with van der Waals surface area (Å²) >= 11 is 0. The number of sulfone groups is 1. The Morgan fingerprint density at radius 3 is 2.48 bits per heavy atom. The highest BCUT2D eigenvalue weighted by molar-refractivity contribution is 7.91. The van der Waals surface area contributed by atoms with Crippen LogP contribution >= 0.6 is 0 Å². The smallest absolute Gasteiger partial charge is 0.274 e. The van der Waals surface area contributed by atoms with Gasteiger partial charge in [0.15, 0.2) is 9.84 Å². The van der Waals surface area contributed by atoms with E-state index in [0.717, 1.165) is 25.9 Å². The molecule has 3 heterocycles. The molecule has 0 aromatic carbocycles. The van der Waals surface area contributed by atoms with Gasteiger partial charge in [0.25, 0.3) is 5.91 Å². The van der Waals surface area contributed by atoms with Crippen LogP contribution in [-0.4, -0.2) is 66.4 Å². The molecule has 1 aromatic heterocycles. The average Bonchev–Trinajstić information content (AvgIpc) is 2.96. The fourth-order valence-electron chi connectivity index (χ4n) is 3.58. The number of rotatable bonds is 4. The summed E-state index contributed by atoms with van der Waals surface area (Å²) < 4.78 is 23.4. The molecule has 0 aliphatic carbocycles. The first-order valence-electron chi connectivity index (χ1n) is 8.98. The van der Waals surface area contributed by atoms with E-state index in [-0.39, 0.29) is 23.5 Å². The monoisotopic (exact) mass is 366 g/mol. The zero-order chi connectivity index (χ0) is 18.0. The third-order valence-corrected chi connectivity index (χ3v) is 6.96. The molecule has 1 aromatic rings. The van der Waals surface area contributed by atoms with Crippen LogP contribution in [0.3, 0.4) is 0 Å². The Labute approximate surface area is 149 Å². The van der Waals surface area contributed by atoms with E-state index in [4.69, 9.17) is 0 Å². The van der Waals surface area contributed by atoms with Gasteiger partial charge in [-0.25, -0.2) is 18.4 Å². The Kier molecular flexibility index (Phi) is 5.27. The summed E-state index contributed by atoms with van der Waals surface area (Å²) in [4.78, 5) is 25.0. The number of carbonyl (C=O) groups excluding carboxylic acids is 1. The van der Waals surface area contributed by atoms with E-state index in [9.17, 15) is 13.2 Å². The lowest BCUT2D eigenvalue weighted by Crippen LogP contribution is -2.39. The SMILES string of the molecule is CCN(c1cnc(C(=O)N2CCC(C)CC2)cn1)C1CCS(=O)(=O)C1. The van der Waals surface area contributed by atoms with E-state index in [1.165, 1.54) is 6.20 Å². The molecule has 0 radical (unpaired) electrons. The quantitative estimate of drug-likeness (QED) is 0.800. The summed E-state index contributed by atoms with van der Waals surface area (Å²) in [6.45, 7) is 6.38. The molecule has 1 unspecified atom stereocenters. The molecule has 1 atom stereocenters. The number of anilines is 1. The van der Waals surface area contributed by atoms with Gasteiger partial charge in [0.05, 0.1) is 23.9 Å². The average molecular weight is 366 g/mol. The minimum atomic E-state index is -2.95. The summed E-state index contributed by atoms with van der Waals surface area (Å²) in [7, 11) is -2.95. The molecule has 3 rings (SSSR count). The lowest BCUT2D eigenvalue weighted by atomic mass is 9.99. The van der Waals surface area contributed by atoms with Gasteiger partial charge in [0, 0.05) is 25.7 Å². The van der Waals surface area contributed by atoms with Crippen molar-refractivity contribution in [2.45, 2.75) is 39.2 Å². The number of hydrogen-bond acceptors (Lipinski definition) is 6.